The minimum absolute atomic E-state index is 0.155. The molecule has 0 aromatic heterocycles. The Kier molecular flexibility index (Phi) is 5.87. The van der Waals surface area contributed by atoms with Crippen LogP contribution in [0.1, 0.15) is 5.56 Å². The average molecular weight is 562 g/mol. The molecule has 1 aliphatic rings. The number of halogens is 3. The highest BCUT2D eigenvalue weighted by Gasteiger charge is 2.36. The van der Waals surface area contributed by atoms with Crippen molar-refractivity contribution in [2.75, 3.05) is 12.0 Å². The molecular formula is C18H11BrClIN2O4. The van der Waals surface area contributed by atoms with E-state index in [2.05, 4.69) is 43.8 Å². The van der Waals surface area contributed by atoms with Crippen molar-refractivity contribution in [1.29, 1.82) is 0 Å². The van der Waals surface area contributed by atoms with Crippen molar-refractivity contribution in [2.24, 2.45) is 0 Å². The van der Waals surface area contributed by atoms with Crippen molar-refractivity contribution in [1.82, 2.24) is 5.32 Å². The Balaban J connectivity index is 2.03. The third-order valence-electron chi connectivity index (χ3n) is 3.72. The van der Waals surface area contributed by atoms with E-state index in [0.29, 0.717) is 26.5 Å². The smallest absolute Gasteiger partial charge is 0.335 e. The number of hydrogen-bond donors (Lipinski definition) is 1. The molecule has 9 heteroatoms. The van der Waals surface area contributed by atoms with E-state index in [-0.39, 0.29) is 5.57 Å². The first-order chi connectivity index (χ1) is 12.8. The Morgan fingerprint density at radius 1 is 1.19 bits per heavy atom. The molecule has 4 amide bonds. The van der Waals surface area contributed by atoms with E-state index in [9.17, 15) is 14.4 Å². The van der Waals surface area contributed by atoms with Gasteiger partial charge < -0.3 is 4.74 Å². The SMILES string of the molecule is COc1c(Br)cc(/C=C2\C(=O)NC(=O)N(c3ccc(Cl)cc3)C2=O)cc1I. The van der Waals surface area contributed by atoms with Crippen molar-refractivity contribution in [3.05, 3.63) is 60.6 Å². The first-order valence-electron chi connectivity index (χ1n) is 7.52. The number of methoxy groups -OCH3 is 1. The van der Waals surface area contributed by atoms with Gasteiger partial charge in [-0.2, -0.15) is 0 Å². The summed E-state index contributed by atoms with van der Waals surface area (Å²) in [5, 5.41) is 2.65. The molecule has 1 heterocycles. The number of benzene rings is 2. The quantitative estimate of drug-likeness (QED) is 0.343. The van der Waals surface area contributed by atoms with Crippen molar-refractivity contribution in [2.45, 2.75) is 0 Å². The molecule has 0 spiro atoms. The van der Waals surface area contributed by atoms with Gasteiger partial charge in [-0.1, -0.05) is 11.6 Å². The molecule has 1 fully saturated rings. The summed E-state index contributed by atoms with van der Waals surface area (Å²) < 4.78 is 6.75. The predicted molar refractivity (Wildman–Crippen MR) is 114 cm³/mol. The average Bonchev–Trinajstić information content (AvgIpc) is 2.60. The molecule has 2 aromatic rings. The second-order valence-corrected chi connectivity index (χ2v) is 7.91. The molecule has 0 unspecified atom stereocenters. The first kappa shape index (κ1) is 19.8. The molecule has 1 aliphatic heterocycles. The third-order valence-corrected chi connectivity index (χ3v) is 5.36. The number of carbonyl (C=O) groups excluding carboxylic acids is 3. The summed E-state index contributed by atoms with van der Waals surface area (Å²) in [5.74, 6) is -0.819. The van der Waals surface area contributed by atoms with Gasteiger partial charge >= 0.3 is 6.03 Å². The fraction of sp³-hybridized carbons (Fsp3) is 0.0556. The van der Waals surface area contributed by atoms with Gasteiger partial charge in [-0.3, -0.25) is 14.9 Å². The molecule has 27 heavy (non-hydrogen) atoms. The fourth-order valence-electron chi connectivity index (χ4n) is 2.51. The maximum Gasteiger partial charge on any atom is 0.335 e. The summed E-state index contributed by atoms with van der Waals surface area (Å²) in [6.07, 6.45) is 1.43. The van der Waals surface area contributed by atoms with E-state index < -0.39 is 17.8 Å². The molecule has 0 radical (unpaired) electrons. The zero-order valence-corrected chi connectivity index (χ0v) is 18.3. The number of nitrogens with zero attached hydrogens (tertiary/aromatic N) is 1. The maximum atomic E-state index is 12.8. The number of amides is 4. The summed E-state index contributed by atoms with van der Waals surface area (Å²) in [6, 6.07) is 8.84. The first-order valence-corrected chi connectivity index (χ1v) is 9.77. The number of nitrogens with one attached hydrogen (secondary N) is 1. The van der Waals surface area contributed by atoms with Crippen LogP contribution in [0.25, 0.3) is 6.08 Å². The predicted octanol–water partition coefficient (Wildman–Crippen LogP) is 4.38. The molecule has 1 N–H and O–H groups in total. The van der Waals surface area contributed by atoms with Crippen LogP contribution in [0.3, 0.4) is 0 Å². The molecule has 6 nitrogen and oxygen atoms in total. The topological polar surface area (TPSA) is 75.7 Å². The highest BCUT2D eigenvalue weighted by atomic mass is 127. The Bertz CT molecular complexity index is 968. The summed E-state index contributed by atoms with van der Waals surface area (Å²) >= 11 is 11.3. The molecule has 0 bridgehead atoms. The Morgan fingerprint density at radius 3 is 2.44 bits per heavy atom. The van der Waals surface area contributed by atoms with E-state index in [1.54, 1.807) is 31.4 Å². The van der Waals surface area contributed by atoms with Crippen molar-refractivity contribution in [3.63, 3.8) is 0 Å². The number of barbiturate groups is 1. The van der Waals surface area contributed by atoms with Crippen molar-refractivity contribution in [3.8, 4) is 5.75 Å². The largest absolute Gasteiger partial charge is 0.494 e. The molecule has 138 valence electrons. The molecule has 2 aromatic carbocycles. The lowest BCUT2D eigenvalue weighted by molar-refractivity contribution is -0.122. The molecule has 0 aliphatic carbocycles. The number of carbonyl (C=O) groups is 3. The number of anilines is 1. The number of rotatable bonds is 3. The monoisotopic (exact) mass is 560 g/mol. The van der Waals surface area contributed by atoms with E-state index in [1.807, 2.05) is 0 Å². The van der Waals surface area contributed by atoms with Gasteiger partial charge in [0.25, 0.3) is 11.8 Å². The van der Waals surface area contributed by atoms with Gasteiger partial charge in [0.1, 0.15) is 11.3 Å². The van der Waals surface area contributed by atoms with Crippen LogP contribution >= 0.6 is 50.1 Å². The molecule has 0 saturated carbocycles. The second kappa shape index (κ2) is 7.99. The molecule has 1 saturated heterocycles. The summed E-state index contributed by atoms with van der Waals surface area (Å²) in [7, 11) is 1.55. The minimum Gasteiger partial charge on any atom is -0.494 e. The Hall–Kier alpha value is -1.91. The molecule has 0 atom stereocenters. The van der Waals surface area contributed by atoms with E-state index in [1.165, 1.54) is 18.2 Å². The molecular weight excluding hydrogens is 550 g/mol. The lowest BCUT2D eigenvalue weighted by atomic mass is 10.1. The molecule has 3 rings (SSSR count). The van der Waals surface area contributed by atoms with Crippen LogP contribution in [0.5, 0.6) is 5.75 Å². The van der Waals surface area contributed by atoms with Gasteiger partial charge in [-0.15, -0.1) is 0 Å². The van der Waals surface area contributed by atoms with Crippen LogP contribution in [0, 0.1) is 3.57 Å². The van der Waals surface area contributed by atoms with Crippen LogP contribution in [0.2, 0.25) is 5.02 Å². The van der Waals surface area contributed by atoms with Gasteiger partial charge in [0.05, 0.1) is 20.8 Å². The number of ether oxygens (including phenoxy) is 1. The number of imide groups is 2. The second-order valence-electron chi connectivity index (χ2n) is 5.45. The Morgan fingerprint density at radius 2 is 1.85 bits per heavy atom. The van der Waals surface area contributed by atoms with Crippen LogP contribution in [0.4, 0.5) is 10.5 Å². The van der Waals surface area contributed by atoms with Crippen LogP contribution in [-0.2, 0) is 9.59 Å². The van der Waals surface area contributed by atoms with E-state index in [4.69, 9.17) is 16.3 Å². The highest BCUT2D eigenvalue weighted by Crippen LogP contribution is 2.33. The van der Waals surface area contributed by atoms with Crippen molar-refractivity contribution < 1.29 is 19.1 Å². The van der Waals surface area contributed by atoms with Gasteiger partial charge in [0, 0.05) is 5.02 Å². The number of urea groups is 1. The maximum absolute atomic E-state index is 12.8. The van der Waals surface area contributed by atoms with Crippen molar-refractivity contribution >= 4 is 79.7 Å². The summed E-state index contributed by atoms with van der Waals surface area (Å²) in [5.41, 5.74) is 0.763. The zero-order valence-electron chi connectivity index (χ0n) is 13.8. The van der Waals surface area contributed by atoms with E-state index in [0.717, 1.165) is 8.47 Å². The van der Waals surface area contributed by atoms with Crippen LogP contribution in [0.15, 0.2) is 46.4 Å². The van der Waals surface area contributed by atoms with Gasteiger partial charge in [-0.05, 0) is 86.6 Å². The standard InChI is InChI=1S/C18H11BrClIN2O4/c1-27-15-13(19)7-9(8-14(15)21)6-12-16(24)22-18(26)23(17(12)25)11-4-2-10(20)3-5-11/h2-8H,1H3,(H,22,24,26)/b12-6+. The summed E-state index contributed by atoms with van der Waals surface area (Å²) in [6.45, 7) is 0. The highest BCUT2D eigenvalue weighted by molar-refractivity contribution is 14.1. The lowest BCUT2D eigenvalue weighted by Crippen LogP contribution is -2.54. The normalized spacial score (nSPS) is 15.9. The van der Waals surface area contributed by atoms with Gasteiger partial charge in [0.15, 0.2) is 0 Å². The zero-order chi connectivity index (χ0) is 19.7. The lowest BCUT2D eigenvalue weighted by Gasteiger charge is -2.26. The van der Waals surface area contributed by atoms with E-state index >= 15 is 0 Å². The summed E-state index contributed by atoms with van der Waals surface area (Å²) in [4.78, 5) is 38.1. The fourth-order valence-corrected chi connectivity index (χ4v) is 4.51. The van der Waals surface area contributed by atoms with Crippen LogP contribution < -0.4 is 15.0 Å². The number of hydrogen-bond acceptors (Lipinski definition) is 4. The Labute approximate surface area is 181 Å². The van der Waals surface area contributed by atoms with Gasteiger partial charge in [-0.25, -0.2) is 9.69 Å². The minimum atomic E-state index is -0.810. The van der Waals surface area contributed by atoms with Crippen LogP contribution in [-0.4, -0.2) is 25.0 Å². The van der Waals surface area contributed by atoms with Gasteiger partial charge in [0.2, 0.25) is 0 Å². The third kappa shape index (κ3) is 4.02.